The molecule has 27 heavy (non-hydrogen) atoms. The summed E-state index contributed by atoms with van der Waals surface area (Å²) in [6, 6.07) is 9.66. The predicted octanol–water partition coefficient (Wildman–Crippen LogP) is 3.34. The molecule has 140 valence electrons. The average molecular weight is 363 g/mol. The van der Waals surface area contributed by atoms with E-state index in [1.807, 2.05) is 46.0 Å². The van der Waals surface area contributed by atoms with E-state index in [0.29, 0.717) is 6.54 Å². The standard InChI is InChI=1S/C22H25N3O2/c26-21-19(17-8-3-1-4-9-17)20(18-10-5-2-6-11-18)25(22(21)27)14-7-13-24-15-12-23-16-24/h1,3-4,8-10,12,15-16,19-20H,2,5-7,11,13-14H2. The number of nitrogens with zero attached hydrogens (tertiary/aromatic N) is 3. The van der Waals surface area contributed by atoms with Crippen molar-refractivity contribution < 1.29 is 9.59 Å². The molecule has 0 saturated carbocycles. The molecule has 2 atom stereocenters. The zero-order valence-electron chi connectivity index (χ0n) is 15.5. The third kappa shape index (κ3) is 3.59. The maximum absolute atomic E-state index is 12.9. The van der Waals surface area contributed by atoms with Gasteiger partial charge in [-0.2, -0.15) is 0 Å². The molecule has 5 heteroatoms. The molecule has 1 aliphatic heterocycles. The molecule has 4 rings (SSSR count). The van der Waals surface area contributed by atoms with E-state index in [9.17, 15) is 9.59 Å². The number of allylic oxidation sites excluding steroid dienone is 1. The van der Waals surface area contributed by atoms with Gasteiger partial charge in [0.05, 0.1) is 18.3 Å². The summed E-state index contributed by atoms with van der Waals surface area (Å²) in [7, 11) is 0. The van der Waals surface area contributed by atoms with Crippen molar-refractivity contribution in [3.05, 3.63) is 66.3 Å². The lowest BCUT2D eigenvalue weighted by atomic mass is 9.82. The highest BCUT2D eigenvalue weighted by molar-refractivity contribution is 6.40. The molecule has 0 bridgehead atoms. The topological polar surface area (TPSA) is 55.2 Å². The van der Waals surface area contributed by atoms with Gasteiger partial charge in [0.2, 0.25) is 5.78 Å². The zero-order chi connectivity index (χ0) is 18.6. The number of likely N-dealkylation sites (tertiary alicyclic amines) is 1. The van der Waals surface area contributed by atoms with Gasteiger partial charge in [0, 0.05) is 25.5 Å². The predicted molar refractivity (Wildman–Crippen MR) is 103 cm³/mol. The molecular weight excluding hydrogens is 338 g/mol. The Morgan fingerprint density at radius 3 is 2.63 bits per heavy atom. The first-order valence-electron chi connectivity index (χ1n) is 9.80. The molecule has 0 spiro atoms. The number of carbonyl (C=O) groups is 2. The lowest BCUT2D eigenvalue weighted by molar-refractivity contribution is -0.140. The van der Waals surface area contributed by atoms with Gasteiger partial charge in [0.15, 0.2) is 0 Å². The molecule has 1 aliphatic carbocycles. The van der Waals surface area contributed by atoms with Gasteiger partial charge in [-0.3, -0.25) is 9.59 Å². The van der Waals surface area contributed by atoms with Gasteiger partial charge in [0.1, 0.15) is 0 Å². The minimum Gasteiger partial charge on any atom is -0.337 e. The maximum atomic E-state index is 12.9. The van der Waals surface area contributed by atoms with Crippen LogP contribution in [0.15, 0.2) is 60.7 Å². The summed E-state index contributed by atoms with van der Waals surface area (Å²) in [5.41, 5.74) is 2.21. The van der Waals surface area contributed by atoms with Crippen molar-refractivity contribution in [3.8, 4) is 0 Å². The highest BCUT2D eigenvalue weighted by Gasteiger charge is 2.48. The number of hydrogen-bond donors (Lipinski definition) is 0. The summed E-state index contributed by atoms with van der Waals surface area (Å²) in [6.45, 7) is 1.38. The highest BCUT2D eigenvalue weighted by atomic mass is 16.2. The lowest BCUT2D eigenvalue weighted by Gasteiger charge is -2.31. The summed E-state index contributed by atoms with van der Waals surface area (Å²) in [6.07, 6.45) is 12.9. The van der Waals surface area contributed by atoms with Gasteiger partial charge in [-0.05, 0) is 37.7 Å². The van der Waals surface area contributed by atoms with Crippen LogP contribution in [0.4, 0.5) is 0 Å². The maximum Gasteiger partial charge on any atom is 0.291 e. The molecule has 1 aromatic carbocycles. The number of imidazole rings is 1. The third-order valence-corrected chi connectivity index (χ3v) is 5.64. The van der Waals surface area contributed by atoms with E-state index in [2.05, 4.69) is 11.1 Å². The number of ketones is 1. The van der Waals surface area contributed by atoms with E-state index in [0.717, 1.165) is 37.8 Å². The molecule has 2 aromatic rings. The SMILES string of the molecule is O=C1C(=O)N(CCCn2ccnc2)C(C2=CCCCC2)C1c1ccccc1. The number of hydrogen-bond acceptors (Lipinski definition) is 3. The molecule has 1 saturated heterocycles. The molecule has 0 radical (unpaired) electrons. The first-order valence-corrected chi connectivity index (χ1v) is 9.80. The van der Waals surface area contributed by atoms with Crippen molar-refractivity contribution >= 4 is 11.7 Å². The van der Waals surface area contributed by atoms with Crippen LogP contribution in [0.3, 0.4) is 0 Å². The molecule has 2 heterocycles. The Kier molecular flexibility index (Phi) is 5.19. The number of Topliss-reactive ketones (excluding diaryl/α,β-unsaturated/α-hetero) is 1. The molecule has 1 amide bonds. The third-order valence-electron chi connectivity index (χ3n) is 5.64. The van der Waals surface area contributed by atoms with Crippen molar-refractivity contribution in [1.29, 1.82) is 0 Å². The van der Waals surface area contributed by atoms with Crippen LogP contribution in [0.25, 0.3) is 0 Å². The second-order valence-corrected chi connectivity index (χ2v) is 7.37. The minimum absolute atomic E-state index is 0.129. The summed E-state index contributed by atoms with van der Waals surface area (Å²) in [4.78, 5) is 31.7. The Bertz CT molecular complexity index is 827. The quantitative estimate of drug-likeness (QED) is 0.584. The largest absolute Gasteiger partial charge is 0.337 e. The van der Waals surface area contributed by atoms with Crippen molar-refractivity contribution in [2.75, 3.05) is 6.54 Å². The lowest BCUT2D eigenvalue weighted by Crippen LogP contribution is -2.38. The normalized spacial score (nSPS) is 23.0. The zero-order valence-corrected chi connectivity index (χ0v) is 15.5. The van der Waals surface area contributed by atoms with E-state index in [1.165, 1.54) is 12.0 Å². The van der Waals surface area contributed by atoms with Crippen molar-refractivity contribution in [1.82, 2.24) is 14.5 Å². The molecule has 5 nitrogen and oxygen atoms in total. The van der Waals surface area contributed by atoms with E-state index in [-0.39, 0.29) is 23.7 Å². The fraction of sp³-hybridized carbons (Fsp3) is 0.409. The Balaban J connectivity index is 1.60. The molecule has 1 aromatic heterocycles. The molecule has 0 N–H and O–H groups in total. The van der Waals surface area contributed by atoms with Crippen LogP contribution >= 0.6 is 0 Å². The summed E-state index contributed by atoms with van der Waals surface area (Å²) >= 11 is 0. The molecule has 2 unspecified atom stereocenters. The summed E-state index contributed by atoms with van der Waals surface area (Å²) in [5.74, 6) is -0.970. The highest BCUT2D eigenvalue weighted by Crippen LogP contribution is 2.39. The summed E-state index contributed by atoms with van der Waals surface area (Å²) in [5, 5.41) is 0. The van der Waals surface area contributed by atoms with Crippen LogP contribution in [0.5, 0.6) is 0 Å². The van der Waals surface area contributed by atoms with Gasteiger partial charge in [-0.15, -0.1) is 0 Å². The Hall–Kier alpha value is -2.69. The second-order valence-electron chi connectivity index (χ2n) is 7.37. The van der Waals surface area contributed by atoms with E-state index in [4.69, 9.17) is 0 Å². The average Bonchev–Trinajstić information content (AvgIpc) is 3.31. The van der Waals surface area contributed by atoms with Gasteiger partial charge < -0.3 is 9.47 Å². The van der Waals surface area contributed by atoms with Gasteiger partial charge in [-0.25, -0.2) is 4.98 Å². The van der Waals surface area contributed by atoms with Gasteiger partial charge in [-0.1, -0.05) is 42.0 Å². The minimum atomic E-state index is -0.378. The van der Waals surface area contributed by atoms with Crippen molar-refractivity contribution in [3.63, 3.8) is 0 Å². The number of aryl methyl sites for hydroxylation is 1. The molecule has 1 fully saturated rings. The fourth-order valence-electron chi connectivity index (χ4n) is 4.35. The smallest absolute Gasteiger partial charge is 0.291 e. The van der Waals surface area contributed by atoms with Crippen molar-refractivity contribution in [2.24, 2.45) is 0 Å². The number of benzene rings is 1. The number of aromatic nitrogens is 2. The van der Waals surface area contributed by atoms with E-state index >= 15 is 0 Å². The van der Waals surface area contributed by atoms with Crippen molar-refractivity contribution in [2.45, 2.75) is 50.6 Å². The first-order chi connectivity index (χ1) is 13.3. The molecular formula is C22H25N3O2. The van der Waals surface area contributed by atoms with Gasteiger partial charge >= 0.3 is 0 Å². The molecule has 2 aliphatic rings. The van der Waals surface area contributed by atoms with Crippen LogP contribution in [0.2, 0.25) is 0 Å². The fourth-order valence-corrected chi connectivity index (χ4v) is 4.35. The van der Waals surface area contributed by atoms with Crippen LogP contribution < -0.4 is 0 Å². The van der Waals surface area contributed by atoms with Crippen LogP contribution in [-0.2, 0) is 16.1 Å². The van der Waals surface area contributed by atoms with Crippen LogP contribution in [-0.4, -0.2) is 38.7 Å². The number of amides is 1. The second kappa shape index (κ2) is 7.91. The Morgan fingerprint density at radius 2 is 1.93 bits per heavy atom. The van der Waals surface area contributed by atoms with E-state index < -0.39 is 0 Å². The Labute approximate surface area is 159 Å². The number of carbonyl (C=O) groups excluding carboxylic acids is 2. The van der Waals surface area contributed by atoms with Crippen LogP contribution in [0, 0.1) is 0 Å². The first kappa shape index (κ1) is 17.7. The number of rotatable bonds is 6. The van der Waals surface area contributed by atoms with Gasteiger partial charge in [0.25, 0.3) is 5.91 Å². The monoisotopic (exact) mass is 363 g/mol. The van der Waals surface area contributed by atoms with Crippen LogP contribution in [0.1, 0.15) is 43.6 Å². The summed E-state index contributed by atoms with van der Waals surface area (Å²) < 4.78 is 2.01. The Morgan fingerprint density at radius 1 is 1.07 bits per heavy atom. The van der Waals surface area contributed by atoms with E-state index in [1.54, 1.807) is 12.5 Å².